The number of aryl methyl sites for hydroxylation is 1. The third-order valence-electron chi connectivity index (χ3n) is 4.06. The molecule has 2 aromatic heterocycles. The average Bonchev–Trinajstić information content (AvgIpc) is 2.73. The third kappa shape index (κ3) is 7.21. The van der Waals surface area contributed by atoms with E-state index in [1.165, 1.54) is 12.6 Å². The van der Waals surface area contributed by atoms with Crippen LogP contribution in [0.1, 0.15) is 31.5 Å². The lowest BCUT2D eigenvalue weighted by atomic mass is 10.2. The Kier molecular flexibility index (Phi) is 9.20. The number of nitrogens with zero attached hydrogens (tertiary/aromatic N) is 5. The van der Waals surface area contributed by atoms with E-state index in [2.05, 4.69) is 44.4 Å². The molecule has 4 N–H and O–H groups in total. The highest BCUT2D eigenvalue weighted by atomic mass is 35.5. The highest BCUT2D eigenvalue weighted by Gasteiger charge is 2.23. The SMILES string of the molecule is CCC.Cc1nc(NC/C(C=NCc2ccc(Cl)nc2)=C/N)nc2c1NC(=O)CN2C. The van der Waals surface area contributed by atoms with Crippen LogP contribution in [0.5, 0.6) is 0 Å². The van der Waals surface area contributed by atoms with Gasteiger partial charge in [-0.25, -0.2) is 9.97 Å². The molecule has 0 radical (unpaired) electrons. The van der Waals surface area contributed by atoms with E-state index >= 15 is 0 Å². The van der Waals surface area contributed by atoms with Crippen molar-refractivity contribution in [1.82, 2.24) is 15.0 Å². The van der Waals surface area contributed by atoms with E-state index in [0.29, 0.717) is 41.4 Å². The number of amides is 1. The van der Waals surface area contributed by atoms with E-state index in [9.17, 15) is 4.79 Å². The molecule has 0 bridgehead atoms. The monoisotopic (exact) mass is 444 g/mol. The molecule has 0 aliphatic carbocycles. The van der Waals surface area contributed by atoms with Crippen molar-refractivity contribution in [2.45, 2.75) is 33.7 Å². The quantitative estimate of drug-likeness (QED) is 0.462. The fraction of sp³-hybridized carbons (Fsp3) is 0.381. The number of fused-ring (bicyclic) bond motifs is 1. The van der Waals surface area contributed by atoms with Crippen molar-refractivity contribution in [3.05, 3.63) is 46.5 Å². The molecule has 31 heavy (non-hydrogen) atoms. The number of likely N-dealkylation sites (N-methyl/N-ethyl adjacent to an activating group) is 1. The molecular weight excluding hydrogens is 416 g/mol. The number of nitrogens with one attached hydrogen (secondary N) is 2. The first kappa shape index (κ1) is 24.1. The fourth-order valence-corrected chi connectivity index (χ4v) is 2.74. The van der Waals surface area contributed by atoms with Crippen LogP contribution < -0.4 is 21.3 Å². The molecule has 2 aromatic rings. The van der Waals surface area contributed by atoms with E-state index in [-0.39, 0.29) is 12.5 Å². The van der Waals surface area contributed by atoms with Crippen LogP contribution >= 0.6 is 11.6 Å². The van der Waals surface area contributed by atoms with E-state index in [0.717, 1.165) is 11.1 Å². The third-order valence-corrected chi connectivity index (χ3v) is 4.29. The second kappa shape index (κ2) is 11.8. The van der Waals surface area contributed by atoms with Crippen molar-refractivity contribution in [2.24, 2.45) is 10.7 Å². The van der Waals surface area contributed by atoms with Crippen LogP contribution in [0.4, 0.5) is 17.5 Å². The first-order valence-electron chi connectivity index (χ1n) is 10.0. The van der Waals surface area contributed by atoms with E-state index < -0.39 is 0 Å². The largest absolute Gasteiger partial charge is 0.404 e. The number of carbonyl (C=O) groups is 1. The van der Waals surface area contributed by atoms with E-state index in [1.54, 1.807) is 23.4 Å². The van der Waals surface area contributed by atoms with Crippen LogP contribution in [0.3, 0.4) is 0 Å². The second-order valence-corrected chi connectivity index (χ2v) is 7.38. The lowest BCUT2D eigenvalue weighted by molar-refractivity contribution is -0.115. The molecular formula is C21H29ClN8O. The minimum absolute atomic E-state index is 0.0807. The van der Waals surface area contributed by atoms with Crippen molar-refractivity contribution in [1.29, 1.82) is 0 Å². The standard InChI is InChI=1S/C18H21ClN8O.C3H8/c1-11-16-17(27(2)10-15(28)25-16)26-18(24-11)23-9-13(5-20)7-21-6-12-3-4-14(19)22-8-12;1-3-2/h3-5,7-8H,6,9-10,20H2,1-2H3,(H,25,28)(H,23,24,26);3H2,1-2H3/b13-5+,21-7?;. The Bertz CT molecular complexity index is 943. The Balaban J connectivity index is 0.00000107. The summed E-state index contributed by atoms with van der Waals surface area (Å²) in [5.41, 5.74) is 8.75. The molecule has 3 rings (SSSR count). The van der Waals surface area contributed by atoms with Crippen LogP contribution in [-0.2, 0) is 11.3 Å². The van der Waals surface area contributed by atoms with Crippen LogP contribution in [-0.4, -0.2) is 47.2 Å². The molecule has 0 saturated heterocycles. The maximum atomic E-state index is 11.7. The lowest BCUT2D eigenvalue weighted by Gasteiger charge is -2.27. The van der Waals surface area contributed by atoms with Crippen LogP contribution in [0.15, 0.2) is 35.1 Å². The lowest BCUT2D eigenvalue weighted by Crippen LogP contribution is -2.36. The van der Waals surface area contributed by atoms with Crippen molar-refractivity contribution in [2.75, 3.05) is 35.7 Å². The summed E-state index contributed by atoms with van der Waals surface area (Å²) in [5.74, 6) is 1.05. The molecule has 0 fully saturated rings. The Morgan fingerprint density at radius 3 is 2.77 bits per heavy atom. The topological polar surface area (TPSA) is 121 Å². The van der Waals surface area contributed by atoms with Gasteiger partial charge in [-0.1, -0.05) is 37.9 Å². The van der Waals surface area contributed by atoms with Gasteiger partial charge in [-0.05, 0) is 18.6 Å². The van der Waals surface area contributed by atoms with Gasteiger partial charge >= 0.3 is 0 Å². The predicted molar refractivity (Wildman–Crippen MR) is 127 cm³/mol. The molecule has 0 unspecified atom stereocenters. The molecule has 0 saturated carbocycles. The summed E-state index contributed by atoms with van der Waals surface area (Å²) < 4.78 is 0. The number of nitrogens with two attached hydrogens (primary N) is 1. The Hall–Kier alpha value is -3.20. The first-order chi connectivity index (χ1) is 14.9. The van der Waals surface area contributed by atoms with Gasteiger partial charge in [0.2, 0.25) is 11.9 Å². The summed E-state index contributed by atoms with van der Waals surface area (Å²) in [6.45, 7) is 7.21. The molecule has 0 spiro atoms. The zero-order valence-corrected chi connectivity index (χ0v) is 19.1. The van der Waals surface area contributed by atoms with Crippen molar-refractivity contribution < 1.29 is 4.79 Å². The van der Waals surface area contributed by atoms with Gasteiger partial charge in [-0.15, -0.1) is 0 Å². The second-order valence-electron chi connectivity index (χ2n) is 7.00. The van der Waals surface area contributed by atoms with E-state index in [1.807, 2.05) is 20.0 Å². The number of hydrogen-bond donors (Lipinski definition) is 3. The van der Waals surface area contributed by atoms with Crippen LogP contribution in [0, 0.1) is 6.92 Å². The van der Waals surface area contributed by atoms with Crippen molar-refractivity contribution in [3.63, 3.8) is 0 Å². The number of hydrogen-bond acceptors (Lipinski definition) is 8. The first-order valence-corrected chi connectivity index (χ1v) is 10.4. The number of carbonyl (C=O) groups excluding carboxylic acids is 1. The smallest absolute Gasteiger partial charge is 0.244 e. The van der Waals surface area contributed by atoms with E-state index in [4.69, 9.17) is 17.3 Å². The average molecular weight is 445 g/mol. The molecule has 1 aliphatic heterocycles. The zero-order chi connectivity index (χ0) is 22.8. The van der Waals surface area contributed by atoms with Gasteiger partial charge in [-0.3, -0.25) is 9.79 Å². The van der Waals surface area contributed by atoms with Crippen molar-refractivity contribution >= 4 is 41.2 Å². The summed E-state index contributed by atoms with van der Waals surface area (Å²) >= 11 is 5.77. The molecule has 0 atom stereocenters. The Labute approximate surface area is 187 Å². The van der Waals surface area contributed by atoms with Crippen LogP contribution in [0.2, 0.25) is 5.15 Å². The molecule has 9 nitrogen and oxygen atoms in total. The van der Waals surface area contributed by atoms with Crippen LogP contribution in [0.25, 0.3) is 0 Å². The molecule has 0 aromatic carbocycles. The Morgan fingerprint density at radius 2 is 2.13 bits per heavy atom. The molecule has 10 heteroatoms. The maximum Gasteiger partial charge on any atom is 0.244 e. The highest BCUT2D eigenvalue weighted by Crippen LogP contribution is 2.29. The molecule has 1 aliphatic rings. The zero-order valence-electron chi connectivity index (χ0n) is 18.3. The molecule has 3 heterocycles. The number of aromatic nitrogens is 3. The Morgan fingerprint density at radius 1 is 1.39 bits per heavy atom. The number of anilines is 3. The van der Waals surface area contributed by atoms with Gasteiger partial charge in [-0.2, -0.15) is 4.98 Å². The summed E-state index contributed by atoms with van der Waals surface area (Å²) in [5, 5.41) is 6.40. The van der Waals surface area contributed by atoms with Gasteiger partial charge < -0.3 is 21.3 Å². The number of aliphatic imine (C=N–C) groups is 1. The number of halogens is 1. The number of rotatable bonds is 6. The summed E-state index contributed by atoms with van der Waals surface area (Å²) in [7, 11) is 1.82. The van der Waals surface area contributed by atoms with Gasteiger partial charge in [0, 0.05) is 37.8 Å². The normalized spacial score (nSPS) is 13.4. The minimum atomic E-state index is -0.0807. The van der Waals surface area contributed by atoms with Gasteiger partial charge in [0.05, 0.1) is 18.8 Å². The van der Waals surface area contributed by atoms with Gasteiger partial charge in [0.25, 0.3) is 0 Å². The fourth-order valence-electron chi connectivity index (χ4n) is 2.63. The summed E-state index contributed by atoms with van der Waals surface area (Å²) in [4.78, 5) is 30.7. The highest BCUT2D eigenvalue weighted by molar-refractivity contribution is 6.29. The maximum absolute atomic E-state index is 11.7. The number of pyridine rings is 1. The molecule has 166 valence electrons. The minimum Gasteiger partial charge on any atom is -0.404 e. The summed E-state index contributed by atoms with van der Waals surface area (Å²) in [6.07, 6.45) is 6.11. The molecule has 1 amide bonds. The predicted octanol–water partition coefficient (Wildman–Crippen LogP) is 3.16. The van der Waals surface area contributed by atoms with Crippen molar-refractivity contribution in [3.8, 4) is 0 Å². The van der Waals surface area contributed by atoms with Gasteiger partial charge in [0.15, 0.2) is 5.82 Å². The van der Waals surface area contributed by atoms with Gasteiger partial charge in [0.1, 0.15) is 10.8 Å². The summed E-state index contributed by atoms with van der Waals surface area (Å²) in [6, 6.07) is 3.60.